The van der Waals surface area contributed by atoms with E-state index in [9.17, 15) is 8.78 Å². The Morgan fingerprint density at radius 2 is 2.00 bits per heavy atom. The Balaban J connectivity index is 0. The minimum atomic E-state index is -0.677. The molecule has 0 unspecified atom stereocenters. The number of halogens is 3. The van der Waals surface area contributed by atoms with Gasteiger partial charge in [-0.1, -0.05) is 6.07 Å². The first kappa shape index (κ1) is 14.6. The van der Waals surface area contributed by atoms with Crippen LogP contribution in [0.2, 0.25) is 0 Å². The fourth-order valence-electron chi connectivity index (χ4n) is 0.582. The first-order valence-electron chi connectivity index (χ1n) is 2.65. The number of ether oxygens (including phenoxy) is 1. The third-order valence-corrected chi connectivity index (χ3v) is 1.04. The standard InChI is InChI=1S/C7H5F2O.BrH.Mg/c1-10-7-4-5(8)2-3-6(7)9;;/h2,4H,1H3;1H;/q-1;;+2/p-1. The van der Waals surface area contributed by atoms with Gasteiger partial charge < -0.3 is 21.7 Å². The van der Waals surface area contributed by atoms with Gasteiger partial charge in [0.05, 0.1) is 12.9 Å². The molecule has 0 aliphatic heterocycles. The second kappa shape index (κ2) is 6.62. The molecule has 0 saturated carbocycles. The molecular formula is C7H5BrF2MgO. The Hall–Kier alpha value is 0.126. The van der Waals surface area contributed by atoms with Gasteiger partial charge in [0.25, 0.3) is 0 Å². The van der Waals surface area contributed by atoms with Crippen LogP contribution in [0, 0.1) is 17.7 Å². The van der Waals surface area contributed by atoms with E-state index < -0.39 is 11.6 Å². The van der Waals surface area contributed by atoms with E-state index in [1.807, 2.05) is 0 Å². The van der Waals surface area contributed by atoms with Crippen LogP contribution in [0.3, 0.4) is 0 Å². The molecule has 0 saturated heterocycles. The summed E-state index contributed by atoms with van der Waals surface area (Å²) in [6.45, 7) is 0. The summed E-state index contributed by atoms with van der Waals surface area (Å²) >= 11 is 0. The predicted octanol–water partition coefficient (Wildman–Crippen LogP) is -1.60. The smallest absolute Gasteiger partial charge is 1.00 e. The third-order valence-electron chi connectivity index (χ3n) is 1.04. The molecule has 0 radical (unpaired) electrons. The molecule has 0 bridgehead atoms. The summed E-state index contributed by atoms with van der Waals surface area (Å²) in [5.74, 6) is -1.36. The van der Waals surface area contributed by atoms with Gasteiger partial charge in [0.1, 0.15) is 0 Å². The summed E-state index contributed by atoms with van der Waals surface area (Å²) in [6, 6.07) is 3.93. The van der Waals surface area contributed by atoms with E-state index in [1.54, 1.807) is 0 Å². The number of hydrogen-bond acceptors (Lipinski definition) is 1. The van der Waals surface area contributed by atoms with Gasteiger partial charge in [-0.15, -0.1) is 12.1 Å². The number of methoxy groups -OCH3 is 1. The van der Waals surface area contributed by atoms with Crippen molar-refractivity contribution in [3.63, 3.8) is 0 Å². The second-order valence-corrected chi connectivity index (χ2v) is 1.70. The topological polar surface area (TPSA) is 9.23 Å². The van der Waals surface area contributed by atoms with E-state index in [0.717, 1.165) is 12.1 Å². The van der Waals surface area contributed by atoms with Gasteiger partial charge in [0.15, 0.2) is 0 Å². The minimum Gasteiger partial charge on any atom is -1.00 e. The Bertz CT molecular complexity index is 245. The molecule has 1 aromatic carbocycles. The van der Waals surface area contributed by atoms with Crippen molar-refractivity contribution in [1.82, 2.24) is 0 Å². The predicted molar refractivity (Wildman–Crippen MR) is 37.5 cm³/mol. The van der Waals surface area contributed by atoms with Crippen molar-refractivity contribution in [2.75, 3.05) is 7.11 Å². The van der Waals surface area contributed by atoms with Crippen LogP contribution in [-0.2, 0) is 0 Å². The zero-order valence-corrected chi connectivity index (χ0v) is 9.40. The van der Waals surface area contributed by atoms with E-state index in [-0.39, 0.29) is 45.8 Å². The molecule has 1 aromatic rings. The number of hydrogen-bond donors (Lipinski definition) is 0. The monoisotopic (exact) mass is 246 g/mol. The van der Waals surface area contributed by atoms with Crippen LogP contribution in [0.25, 0.3) is 0 Å². The normalized spacial score (nSPS) is 7.92. The van der Waals surface area contributed by atoms with Crippen LogP contribution in [-0.4, -0.2) is 30.2 Å². The molecule has 0 amide bonds. The van der Waals surface area contributed by atoms with Crippen molar-refractivity contribution in [3.8, 4) is 5.75 Å². The average Bonchev–Trinajstić information content (AvgIpc) is 1.94. The first-order chi connectivity index (χ1) is 4.74. The van der Waals surface area contributed by atoms with Crippen LogP contribution < -0.4 is 21.7 Å². The molecule has 0 atom stereocenters. The van der Waals surface area contributed by atoms with E-state index >= 15 is 0 Å². The number of benzene rings is 1. The van der Waals surface area contributed by atoms with Gasteiger partial charge in [-0.2, -0.15) is 0 Å². The second-order valence-electron chi connectivity index (χ2n) is 1.70. The Kier molecular flexibility index (Phi) is 8.08. The van der Waals surface area contributed by atoms with Gasteiger partial charge in [-0.25, -0.2) is 4.39 Å². The van der Waals surface area contributed by atoms with Gasteiger partial charge in [-0.05, 0) is 0 Å². The molecule has 5 heteroatoms. The number of rotatable bonds is 1. The fraction of sp³-hybridized carbons (Fsp3) is 0.143. The van der Waals surface area contributed by atoms with Crippen molar-refractivity contribution < 1.29 is 30.5 Å². The van der Waals surface area contributed by atoms with E-state index in [4.69, 9.17) is 0 Å². The molecule has 0 spiro atoms. The van der Waals surface area contributed by atoms with E-state index in [0.29, 0.717) is 0 Å². The van der Waals surface area contributed by atoms with Crippen molar-refractivity contribution >= 4 is 23.1 Å². The summed E-state index contributed by atoms with van der Waals surface area (Å²) < 4.78 is 29.2. The fourth-order valence-corrected chi connectivity index (χ4v) is 0.582. The zero-order chi connectivity index (χ0) is 7.56. The molecule has 0 heterocycles. The third kappa shape index (κ3) is 3.69. The molecule has 1 rings (SSSR count). The molecule has 12 heavy (non-hydrogen) atoms. The molecule has 1 nitrogen and oxygen atoms in total. The van der Waals surface area contributed by atoms with Crippen LogP contribution in [0.5, 0.6) is 5.75 Å². The quantitative estimate of drug-likeness (QED) is 0.429. The molecule has 0 aliphatic carbocycles. The summed E-state index contributed by atoms with van der Waals surface area (Å²) in [5.41, 5.74) is 0. The van der Waals surface area contributed by atoms with Gasteiger partial charge in [0.2, 0.25) is 0 Å². The maximum atomic E-state index is 12.4. The van der Waals surface area contributed by atoms with Crippen molar-refractivity contribution in [2.45, 2.75) is 0 Å². The summed E-state index contributed by atoms with van der Waals surface area (Å²) in [4.78, 5) is 0. The van der Waals surface area contributed by atoms with Crippen LogP contribution in [0.4, 0.5) is 8.78 Å². The largest absolute Gasteiger partial charge is 2.00 e. The van der Waals surface area contributed by atoms with Crippen LogP contribution in [0.15, 0.2) is 12.1 Å². The Labute approximate surface area is 96.0 Å². The van der Waals surface area contributed by atoms with Crippen LogP contribution in [0.1, 0.15) is 0 Å². The molecule has 0 fully saturated rings. The molecule has 0 aliphatic rings. The van der Waals surface area contributed by atoms with Gasteiger partial charge in [-0.3, -0.25) is 4.39 Å². The Morgan fingerprint density at radius 1 is 1.42 bits per heavy atom. The Morgan fingerprint density at radius 3 is 2.42 bits per heavy atom. The van der Waals surface area contributed by atoms with Crippen molar-refractivity contribution in [3.05, 3.63) is 29.8 Å². The summed E-state index contributed by atoms with van der Waals surface area (Å²) in [6.07, 6.45) is 0. The summed E-state index contributed by atoms with van der Waals surface area (Å²) in [7, 11) is 1.27. The van der Waals surface area contributed by atoms with E-state index in [2.05, 4.69) is 10.8 Å². The maximum absolute atomic E-state index is 12.4. The molecular weight excluding hydrogens is 242 g/mol. The average molecular weight is 247 g/mol. The van der Waals surface area contributed by atoms with Crippen molar-refractivity contribution in [2.24, 2.45) is 0 Å². The maximum Gasteiger partial charge on any atom is 2.00 e. The molecule has 0 N–H and O–H groups in total. The van der Waals surface area contributed by atoms with Crippen LogP contribution >= 0.6 is 0 Å². The zero-order valence-electron chi connectivity index (χ0n) is 6.40. The molecule has 62 valence electrons. The minimum absolute atomic E-state index is 0. The SMILES string of the molecule is COc1cc(F)c[c-]c1F.[Br-].[Mg+2]. The first-order valence-corrected chi connectivity index (χ1v) is 2.65. The van der Waals surface area contributed by atoms with Crippen molar-refractivity contribution in [1.29, 1.82) is 0 Å². The molecule has 0 aromatic heterocycles. The van der Waals surface area contributed by atoms with Gasteiger partial charge >= 0.3 is 23.1 Å². The van der Waals surface area contributed by atoms with E-state index in [1.165, 1.54) is 7.11 Å². The van der Waals surface area contributed by atoms with Gasteiger partial charge in [0, 0.05) is 11.6 Å². The summed E-state index contributed by atoms with van der Waals surface area (Å²) in [5, 5.41) is 0.